The van der Waals surface area contributed by atoms with Gasteiger partial charge in [-0.2, -0.15) is 0 Å². The van der Waals surface area contributed by atoms with Gasteiger partial charge in [-0.05, 0) is 62.2 Å². The number of ketones is 1. The summed E-state index contributed by atoms with van der Waals surface area (Å²) in [5, 5.41) is 2.94. The Kier molecular flexibility index (Phi) is 6.85. The number of hydrogen-bond donors (Lipinski definition) is 1. The monoisotopic (exact) mass is 619 g/mol. The number of piperidine rings is 1. The molecule has 7 rings (SSSR count). The van der Waals surface area contributed by atoms with E-state index in [1.807, 2.05) is 4.90 Å². The summed E-state index contributed by atoms with van der Waals surface area (Å²) in [6.07, 6.45) is 1.62. The van der Waals surface area contributed by atoms with Crippen LogP contribution in [0, 0.1) is 28.7 Å². The molecular formula is C34H29F4N3O4. The summed E-state index contributed by atoms with van der Waals surface area (Å²) in [6, 6.07) is 12.5. The van der Waals surface area contributed by atoms with Crippen molar-refractivity contribution in [3.63, 3.8) is 0 Å². The molecule has 0 bridgehead atoms. The van der Waals surface area contributed by atoms with E-state index in [2.05, 4.69) is 5.32 Å². The van der Waals surface area contributed by atoms with Gasteiger partial charge in [0.1, 0.15) is 28.8 Å². The van der Waals surface area contributed by atoms with Gasteiger partial charge in [0.2, 0.25) is 0 Å². The number of nitrogens with one attached hydrogen (secondary N) is 1. The predicted octanol–water partition coefficient (Wildman–Crippen LogP) is 5.76. The molecule has 3 aromatic carbocycles. The summed E-state index contributed by atoms with van der Waals surface area (Å²) < 4.78 is 64.4. The number of ether oxygens (including phenoxy) is 1. The van der Waals surface area contributed by atoms with Gasteiger partial charge in [0, 0.05) is 53.0 Å². The number of likely N-dealkylation sites (tertiary alicyclic amines) is 1. The smallest absolute Gasteiger partial charge is 0.410 e. The molecule has 7 nitrogen and oxygen atoms in total. The summed E-state index contributed by atoms with van der Waals surface area (Å²) in [5.74, 6) is -5.54. The summed E-state index contributed by atoms with van der Waals surface area (Å²) >= 11 is 0. The minimum Gasteiger partial charge on any atom is -0.450 e. The Hall–Kier alpha value is -4.51. The van der Waals surface area contributed by atoms with Crippen LogP contribution in [0.3, 0.4) is 0 Å². The van der Waals surface area contributed by atoms with E-state index in [9.17, 15) is 22.8 Å². The number of benzene rings is 3. The maximum Gasteiger partial charge on any atom is 0.410 e. The van der Waals surface area contributed by atoms with E-state index >= 15 is 9.18 Å². The predicted molar refractivity (Wildman–Crippen MR) is 156 cm³/mol. The average molecular weight is 620 g/mol. The second-order valence-corrected chi connectivity index (χ2v) is 11.9. The highest BCUT2D eigenvalue weighted by Crippen LogP contribution is 2.68. The second kappa shape index (κ2) is 10.5. The molecule has 1 N–H and O–H groups in total. The topological polar surface area (TPSA) is 79.0 Å². The normalized spacial score (nSPS) is 28.2. The lowest BCUT2D eigenvalue weighted by molar-refractivity contribution is -0.147. The van der Waals surface area contributed by atoms with Crippen molar-refractivity contribution >= 4 is 29.5 Å². The molecule has 4 heterocycles. The Morgan fingerprint density at radius 2 is 1.76 bits per heavy atom. The molecule has 45 heavy (non-hydrogen) atoms. The SMILES string of the molecule is CCOC(=O)N1C/C(=C\c2ccc(F)cc2F)C(=O)[C@@]2(C1)[C@H](c1ccc(F)cc1F)[C@H]1CCCN1[C@]21C(=O)Nc2ccccc21. The van der Waals surface area contributed by atoms with Crippen LogP contribution in [0.1, 0.15) is 42.4 Å². The first-order chi connectivity index (χ1) is 21.6. The molecule has 2 spiro atoms. The number of fused-ring (bicyclic) bond motifs is 5. The van der Waals surface area contributed by atoms with Crippen LogP contribution in [-0.4, -0.2) is 59.9 Å². The number of carbonyl (C=O) groups excluding carboxylic acids is 3. The van der Waals surface area contributed by atoms with E-state index in [1.165, 1.54) is 23.1 Å². The molecule has 4 atom stereocenters. The van der Waals surface area contributed by atoms with Crippen LogP contribution in [0.2, 0.25) is 0 Å². The van der Waals surface area contributed by atoms with Gasteiger partial charge in [-0.15, -0.1) is 0 Å². The van der Waals surface area contributed by atoms with Crippen LogP contribution < -0.4 is 5.32 Å². The van der Waals surface area contributed by atoms with Crippen LogP contribution >= 0.6 is 0 Å². The Bertz CT molecular complexity index is 1800. The zero-order valence-corrected chi connectivity index (χ0v) is 24.3. The number of carbonyl (C=O) groups is 3. The number of hydrogen-bond acceptors (Lipinski definition) is 5. The Labute approximate surface area is 256 Å². The van der Waals surface area contributed by atoms with Crippen LogP contribution in [0.15, 0.2) is 66.2 Å². The van der Waals surface area contributed by atoms with Crippen molar-refractivity contribution in [2.75, 3.05) is 31.6 Å². The highest BCUT2D eigenvalue weighted by atomic mass is 19.1. The van der Waals surface area contributed by atoms with Gasteiger partial charge in [-0.3, -0.25) is 14.5 Å². The lowest BCUT2D eigenvalue weighted by Crippen LogP contribution is -2.66. The van der Waals surface area contributed by atoms with Crippen molar-refractivity contribution in [1.82, 2.24) is 9.80 Å². The van der Waals surface area contributed by atoms with Crippen molar-refractivity contribution in [3.05, 3.63) is 106 Å². The van der Waals surface area contributed by atoms with Crippen molar-refractivity contribution in [2.45, 2.75) is 37.3 Å². The number of Topliss-reactive ketones (excluding diaryl/α,β-unsaturated/α-hetero) is 1. The Morgan fingerprint density at radius 3 is 2.49 bits per heavy atom. The fraction of sp³-hybridized carbons (Fsp3) is 0.324. The van der Waals surface area contributed by atoms with Gasteiger partial charge in [-0.1, -0.05) is 24.3 Å². The first-order valence-corrected chi connectivity index (χ1v) is 14.9. The van der Waals surface area contributed by atoms with E-state index in [0.29, 0.717) is 36.7 Å². The van der Waals surface area contributed by atoms with E-state index in [1.54, 1.807) is 31.2 Å². The number of nitrogens with zero attached hydrogens (tertiary/aromatic N) is 2. The summed E-state index contributed by atoms with van der Waals surface area (Å²) in [7, 11) is 0. The van der Waals surface area contributed by atoms with Crippen LogP contribution in [0.4, 0.5) is 28.0 Å². The highest BCUT2D eigenvalue weighted by Gasteiger charge is 2.79. The molecule has 4 aliphatic heterocycles. The molecule has 3 aromatic rings. The third-order valence-electron chi connectivity index (χ3n) is 9.80. The molecule has 3 saturated heterocycles. The lowest BCUT2D eigenvalue weighted by Gasteiger charge is -2.51. The minimum absolute atomic E-state index is 0.0150. The Morgan fingerprint density at radius 1 is 1.02 bits per heavy atom. The quantitative estimate of drug-likeness (QED) is 0.298. The summed E-state index contributed by atoms with van der Waals surface area (Å²) in [5.41, 5.74) is -2.70. The third-order valence-corrected chi connectivity index (χ3v) is 9.80. The van der Waals surface area contributed by atoms with E-state index in [0.717, 1.165) is 18.2 Å². The van der Waals surface area contributed by atoms with Crippen molar-refractivity contribution < 1.29 is 36.7 Å². The maximum atomic E-state index is 15.9. The number of para-hydroxylation sites is 1. The van der Waals surface area contributed by atoms with Crippen molar-refractivity contribution in [1.29, 1.82) is 0 Å². The van der Waals surface area contributed by atoms with Crippen LogP contribution in [0.5, 0.6) is 0 Å². The Balaban J connectivity index is 1.56. The molecule has 3 fully saturated rings. The molecule has 0 aromatic heterocycles. The van der Waals surface area contributed by atoms with E-state index < -0.39 is 64.0 Å². The van der Waals surface area contributed by atoms with Gasteiger partial charge in [0.05, 0.1) is 18.6 Å². The molecule has 2 amide bonds. The average Bonchev–Trinajstić information content (AvgIpc) is 3.65. The molecule has 0 aliphatic carbocycles. The van der Waals surface area contributed by atoms with E-state index in [4.69, 9.17) is 4.74 Å². The number of halogens is 4. The van der Waals surface area contributed by atoms with Crippen molar-refractivity contribution in [3.8, 4) is 0 Å². The fourth-order valence-corrected chi connectivity index (χ4v) is 8.33. The minimum atomic E-state index is -1.86. The molecule has 4 aliphatic rings. The standard InChI is InChI=1S/C34H29F4N3O4/c1-2-45-32(44)40-17-20(14-19-9-10-21(35)15-25(19)37)30(42)33(18-40)29(23-12-11-22(36)16-26(23)38)28-8-5-13-41(28)34(33)24-6-3-4-7-27(24)39-31(34)43/h3-4,6-7,9-12,14-16,28-29H,2,5,8,13,17-18H2,1H3,(H,39,43)/b20-14+/t28-,29-,33-,34-/m1/s1. The zero-order chi connectivity index (χ0) is 31.7. The molecule has 0 radical (unpaired) electrons. The zero-order valence-electron chi connectivity index (χ0n) is 24.3. The fourth-order valence-electron chi connectivity index (χ4n) is 8.33. The van der Waals surface area contributed by atoms with Gasteiger partial charge in [-0.25, -0.2) is 22.4 Å². The molecule has 0 unspecified atom stereocenters. The van der Waals surface area contributed by atoms with Crippen LogP contribution in [-0.2, 0) is 19.9 Å². The van der Waals surface area contributed by atoms with Gasteiger partial charge in [0.15, 0.2) is 5.78 Å². The third kappa shape index (κ3) is 4.02. The maximum absolute atomic E-state index is 15.9. The first-order valence-electron chi connectivity index (χ1n) is 14.9. The van der Waals surface area contributed by atoms with Gasteiger partial charge >= 0.3 is 6.09 Å². The molecule has 0 saturated carbocycles. The largest absolute Gasteiger partial charge is 0.450 e. The first kappa shape index (κ1) is 29.2. The highest BCUT2D eigenvalue weighted by molar-refractivity contribution is 6.16. The number of rotatable bonds is 3. The molecule has 232 valence electrons. The summed E-state index contributed by atoms with van der Waals surface area (Å²) in [4.78, 5) is 46.6. The molecular weight excluding hydrogens is 590 g/mol. The van der Waals surface area contributed by atoms with Crippen LogP contribution in [0.25, 0.3) is 6.08 Å². The van der Waals surface area contributed by atoms with Gasteiger partial charge in [0.25, 0.3) is 5.91 Å². The number of amides is 2. The molecule has 11 heteroatoms. The summed E-state index contributed by atoms with van der Waals surface area (Å²) in [6.45, 7) is 1.41. The van der Waals surface area contributed by atoms with Crippen molar-refractivity contribution in [2.24, 2.45) is 5.41 Å². The second-order valence-electron chi connectivity index (χ2n) is 11.9. The lowest BCUT2D eigenvalue weighted by atomic mass is 9.55. The number of anilines is 1. The van der Waals surface area contributed by atoms with Gasteiger partial charge < -0.3 is 15.0 Å². The van der Waals surface area contributed by atoms with E-state index in [-0.39, 0.29) is 36.4 Å².